The Hall–Kier alpha value is -1.01. The predicted octanol–water partition coefficient (Wildman–Crippen LogP) is 1.000. The lowest BCUT2D eigenvalue weighted by molar-refractivity contribution is 0.534. The largest absolute Gasteiger partial charge is 0.420 e. The van der Waals surface area contributed by atoms with Crippen molar-refractivity contribution in [3.05, 3.63) is 17.3 Å². The summed E-state index contributed by atoms with van der Waals surface area (Å²) in [5, 5.41) is 8.18. The SMILES string of the molecule is N#Cc1o[c]nc1Cl. The van der Waals surface area contributed by atoms with Gasteiger partial charge in [-0.15, -0.1) is 0 Å². The number of halogens is 1. The van der Waals surface area contributed by atoms with Gasteiger partial charge in [-0.25, -0.2) is 0 Å². The highest BCUT2D eigenvalue weighted by atomic mass is 35.5. The van der Waals surface area contributed by atoms with Gasteiger partial charge in [0.25, 0.3) is 6.39 Å². The average Bonchev–Trinajstić information content (AvgIpc) is 2.14. The zero-order valence-electron chi connectivity index (χ0n) is 3.68. The Labute approximate surface area is 50.5 Å². The smallest absolute Gasteiger partial charge is 0.286 e. The lowest BCUT2D eigenvalue weighted by Crippen LogP contribution is -1.64. The summed E-state index contributed by atoms with van der Waals surface area (Å²) in [7, 11) is 0. The summed E-state index contributed by atoms with van der Waals surface area (Å²) < 4.78 is 4.38. The van der Waals surface area contributed by atoms with Crippen LogP contribution in [0, 0.1) is 17.7 Å². The van der Waals surface area contributed by atoms with Gasteiger partial charge in [0, 0.05) is 0 Å². The Morgan fingerprint density at radius 3 is 2.88 bits per heavy atom. The Morgan fingerprint density at radius 2 is 2.62 bits per heavy atom. The molecule has 0 atom stereocenters. The van der Waals surface area contributed by atoms with Gasteiger partial charge in [-0.05, 0) is 0 Å². The molecule has 0 saturated heterocycles. The van der Waals surface area contributed by atoms with Crippen molar-refractivity contribution < 1.29 is 4.42 Å². The second kappa shape index (κ2) is 1.85. The fraction of sp³-hybridized carbons (Fsp3) is 0. The highest BCUT2D eigenvalue weighted by Crippen LogP contribution is 2.09. The zero-order valence-corrected chi connectivity index (χ0v) is 4.44. The van der Waals surface area contributed by atoms with Gasteiger partial charge in [-0.1, -0.05) is 11.6 Å². The Kier molecular flexibility index (Phi) is 1.18. The zero-order chi connectivity index (χ0) is 5.98. The first-order valence-electron chi connectivity index (χ1n) is 1.77. The second-order valence-corrected chi connectivity index (χ2v) is 1.39. The van der Waals surface area contributed by atoms with E-state index >= 15 is 0 Å². The molecule has 0 bridgehead atoms. The van der Waals surface area contributed by atoms with Crippen molar-refractivity contribution in [1.82, 2.24) is 4.98 Å². The summed E-state index contributed by atoms with van der Waals surface area (Å²) in [6.45, 7) is 0. The minimum absolute atomic E-state index is 0.00617. The van der Waals surface area contributed by atoms with Gasteiger partial charge in [0.15, 0.2) is 5.15 Å². The number of nitriles is 1. The molecular weight excluding hydrogens is 128 g/mol. The molecule has 0 N–H and O–H groups in total. The van der Waals surface area contributed by atoms with Crippen molar-refractivity contribution in [3.63, 3.8) is 0 Å². The first-order chi connectivity index (χ1) is 3.84. The van der Waals surface area contributed by atoms with Crippen LogP contribution in [0.3, 0.4) is 0 Å². The molecule has 0 spiro atoms. The molecule has 1 aromatic heterocycles. The fourth-order valence-electron chi connectivity index (χ4n) is 0.270. The first kappa shape index (κ1) is 5.13. The first-order valence-corrected chi connectivity index (χ1v) is 2.15. The van der Waals surface area contributed by atoms with E-state index in [1.807, 2.05) is 0 Å². The maximum absolute atomic E-state index is 8.12. The monoisotopic (exact) mass is 127 g/mol. The van der Waals surface area contributed by atoms with Gasteiger partial charge in [-0.2, -0.15) is 10.2 Å². The summed E-state index contributed by atoms with van der Waals surface area (Å²) in [6, 6.07) is 1.68. The molecule has 39 valence electrons. The molecule has 0 aliphatic carbocycles. The van der Waals surface area contributed by atoms with Gasteiger partial charge < -0.3 is 4.42 Å². The summed E-state index contributed by atoms with van der Waals surface area (Å²) in [4.78, 5) is 3.34. The second-order valence-electron chi connectivity index (χ2n) is 1.04. The number of aromatic nitrogens is 1. The summed E-state index contributed by atoms with van der Waals surface area (Å²) in [5.74, 6) is 0.00617. The third kappa shape index (κ3) is 0.658. The maximum Gasteiger partial charge on any atom is 0.286 e. The molecule has 1 rings (SSSR count). The maximum atomic E-state index is 8.12. The van der Waals surface area contributed by atoms with Crippen LogP contribution in [0.4, 0.5) is 0 Å². The van der Waals surface area contributed by atoms with Gasteiger partial charge >= 0.3 is 0 Å². The molecule has 0 saturated carbocycles. The number of hydrogen-bond donors (Lipinski definition) is 0. The minimum Gasteiger partial charge on any atom is -0.420 e. The van der Waals surface area contributed by atoms with Crippen LogP contribution >= 0.6 is 11.6 Å². The molecule has 1 heterocycles. The number of nitrogens with zero attached hydrogens (tertiary/aromatic N) is 2. The molecule has 0 fully saturated rings. The van der Waals surface area contributed by atoms with E-state index in [9.17, 15) is 0 Å². The molecule has 1 aromatic rings. The van der Waals surface area contributed by atoms with E-state index in [2.05, 4.69) is 15.8 Å². The molecule has 8 heavy (non-hydrogen) atoms. The fourth-order valence-corrected chi connectivity index (χ4v) is 0.386. The Balaban J connectivity index is 3.15. The van der Waals surface area contributed by atoms with E-state index in [1.165, 1.54) is 0 Å². The van der Waals surface area contributed by atoms with Crippen molar-refractivity contribution in [2.75, 3.05) is 0 Å². The predicted molar refractivity (Wildman–Crippen MR) is 25.1 cm³/mol. The lowest BCUT2D eigenvalue weighted by atomic mass is 10.6. The van der Waals surface area contributed by atoms with Crippen LogP contribution in [0.25, 0.3) is 0 Å². The molecule has 0 unspecified atom stereocenters. The topological polar surface area (TPSA) is 49.8 Å². The highest BCUT2D eigenvalue weighted by Gasteiger charge is 2.01. The summed E-state index contributed by atoms with van der Waals surface area (Å²) in [5.41, 5.74) is 0. The Bertz CT molecular complexity index is 224. The van der Waals surface area contributed by atoms with Crippen molar-refractivity contribution in [1.29, 1.82) is 5.26 Å². The quantitative estimate of drug-likeness (QED) is 0.522. The van der Waals surface area contributed by atoms with E-state index in [-0.39, 0.29) is 10.9 Å². The molecule has 0 aromatic carbocycles. The summed E-state index contributed by atoms with van der Waals surface area (Å²) in [6.07, 6.45) is 2.07. The van der Waals surface area contributed by atoms with Gasteiger partial charge in [-0.3, -0.25) is 0 Å². The third-order valence-electron chi connectivity index (χ3n) is 0.580. The normalized spacial score (nSPS) is 8.50. The van der Waals surface area contributed by atoms with E-state index in [0.717, 1.165) is 0 Å². The van der Waals surface area contributed by atoms with Crippen LogP contribution in [-0.2, 0) is 0 Å². The minimum atomic E-state index is 0.00617. The molecule has 1 radical (unpaired) electrons. The van der Waals surface area contributed by atoms with E-state index in [1.54, 1.807) is 6.07 Å². The molecule has 0 amide bonds. The van der Waals surface area contributed by atoms with E-state index in [0.29, 0.717) is 0 Å². The number of oxazole rings is 1. The number of rotatable bonds is 0. The van der Waals surface area contributed by atoms with E-state index < -0.39 is 0 Å². The molecule has 4 heteroatoms. The van der Waals surface area contributed by atoms with Crippen molar-refractivity contribution >= 4 is 11.6 Å². The van der Waals surface area contributed by atoms with Gasteiger partial charge in [0.2, 0.25) is 5.76 Å². The summed E-state index contributed by atoms with van der Waals surface area (Å²) >= 11 is 5.28. The highest BCUT2D eigenvalue weighted by molar-refractivity contribution is 6.30. The average molecular weight is 128 g/mol. The lowest BCUT2D eigenvalue weighted by Gasteiger charge is -1.70. The molecule has 0 aliphatic rings. The van der Waals surface area contributed by atoms with Crippen LogP contribution in [0.15, 0.2) is 4.42 Å². The van der Waals surface area contributed by atoms with Crippen LogP contribution in [0.2, 0.25) is 5.15 Å². The van der Waals surface area contributed by atoms with Crippen LogP contribution in [0.1, 0.15) is 5.76 Å². The van der Waals surface area contributed by atoms with Crippen LogP contribution in [-0.4, -0.2) is 4.98 Å². The number of hydrogen-bond acceptors (Lipinski definition) is 3. The van der Waals surface area contributed by atoms with Gasteiger partial charge in [0.05, 0.1) is 0 Å². The van der Waals surface area contributed by atoms with Crippen molar-refractivity contribution in [2.45, 2.75) is 0 Å². The van der Waals surface area contributed by atoms with Crippen LogP contribution in [0.5, 0.6) is 0 Å². The Morgan fingerprint density at radius 1 is 1.88 bits per heavy atom. The van der Waals surface area contributed by atoms with Crippen molar-refractivity contribution in [2.24, 2.45) is 0 Å². The molecule has 0 aliphatic heterocycles. The molecule has 3 nitrogen and oxygen atoms in total. The van der Waals surface area contributed by atoms with Crippen molar-refractivity contribution in [3.8, 4) is 6.07 Å². The van der Waals surface area contributed by atoms with E-state index in [4.69, 9.17) is 16.9 Å². The third-order valence-corrected chi connectivity index (χ3v) is 0.837. The standard InChI is InChI=1S/C4ClN2O/c5-4-3(1-6)8-2-7-4. The molecular formula is C4ClN2O. The van der Waals surface area contributed by atoms with Gasteiger partial charge in [0.1, 0.15) is 6.07 Å². The van der Waals surface area contributed by atoms with Crippen LogP contribution < -0.4 is 0 Å².